The van der Waals surface area contributed by atoms with Gasteiger partial charge in [-0.2, -0.15) is 0 Å². The van der Waals surface area contributed by atoms with Gasteiger partial charge in [-0.3, -0.25) is 4.79 Å². The molecule has 3 heteroatoms. The van der Waals surface area contributed by atoms with Gasteiger partial charge in [0, 0.05) is 26.1 Å². The average molecular weight is 200 g/mol. The molecule has 0 aliphatic heterocycles. The molecule has 1 unspecified atom stereocenters. The lowest BCUT2D eigenvalue weighted by Crippen LogP contribution is -2.36. The van der Waals surface area contributed by atoms with E-state index >= 15 is 0 Å². The summed E-state index contributed by atoms with van der Waals surface area (Å²) >= 11 is 0. The first-order valence-corrected chi connectivity index (χ1v) is 5.59. The Hall–Kier alpha value is -0.570. The SMILES string of the molecule is CCCC(C)N(C)C(=O)CCNCC. The molecular formula is C11H24N2O. The van der Waals surface area contributed by atoms with E-state index in [2.05, 4.69) is 19.2 Å². The molecular weight excluding hydrogens is 176 g/mol. The van der Waals surface area contributed by atoms with Crippen LogP contribution in [0.5, 0.6) is 0 Å². The normalized spacial score (nSPS) is 12.6. The van der Waals surface area contributed by atoms with Gasteiger partial charge < -0.3 is 10.2 Å². The first kappa shape index (κ1) is 13.4. The van der Waals surface area contributed by atoms with E-state index in [-0.39, 0.29) is 5.91 Å². The average Bonchev–Trinajstić information content (AvgIpc) is 2.17. The number of carbonyl (C=O) groups excluding carboxylic acids is 1. The highest BCUT2D eigenvalue weighted by molar-refractivity contribution is 5.76. The van der Waals surface area contributed by atoms with Crippen molar-refractivity contribution in [2.45, 2.75) is 46.1 Å². The van der Waals surface area contributed by atoms with Gasteiger partial charge in [0.25, 0.3) is 0 Å². The van der Waals surface area contributed by atoms with Crippen LogP contribution in [0.2, 0.25) is 0 Å². The van der Waals surface area contributed by atoms with E-state index in [1.165, 1.54) is 0 Å². The van der Waals surface area contributed by atoms with Gasteiger partial charge in [-0.05, 0) is 19.9 Å². The first-order valence-electron chi connectivity index (χ1n) is 5.59. The Morgan fingerprint density at radius 2 is 2.07 bits per heavy atom. The van der Waals surface area contributed by atoms with Crippen LogP contribution in [0, 0.1) is 0 Å². The first-order chi connectivity index (χ1) is 6.63. The van der Waals surface area contributed by atoms with Gasteiger partial charge in [0.2, 0.25) is 5.91 Å². The minimum absolute atomic E-state index is 0.243. The van der Waals surface area contributed by atoms with Crippen LogP contribution in [-0.4, -0.2) is 37.0 Å². The predicted molar refractivity (Wildman–Crippen MR) is 60.3 cm³/mol. The van der Waals surface area contributed by atoms with Crippen LogP contribution >= 0.6 is 0 Å². The molecule has 0 bridgehead atoms. The van der Waals surface area contributed by atoms with Crippen LogP contribution in [0.3, 0.4) is 0 Å². The van der Waals surface area contributed by atoms with Crippen LogP contribution < -0.4 is 5.32 Å². The van der Waals surface area contributed by atoms with E-state index in [1.54, 1.807) is 0 Å². The molecule has 1 atom stereocenters. The summed E-state index contributed by atoms with van der Waals surface area (Å²) in [5.41, 5.74) is 0. The monoisotopic (exact) mass is 200 g/mol. The maximum absolute atomic E-state index is 11.6. The number of hydrogen-bond acceptors (Lipinski definition) is 2. The third kappa shape index (κ3) is 5.22. The van der Waals surface area contributed by atoms with Crippen LogP contribution in [0.25, 0.3) is 0 Å². The highest BCUT2D eigenvalue weighted by Crippen LogP contribution is 2.05. The van der Waals surface area contributed by atoms with Crippen molar-refractivity contribution in [1.82, 2.24) is 10.2 Å². The van der Waals surface area contributed by atoms with Crippen molar-refractivity contribution in [3.8, 4) is 0 Å². The standard InChI is InChI=1S/C11H24N2O/c1-5-7-10(3)13(4)11(14)8-9-12-6-2/h10,12H,5-9H2,1-4H3. The van der Waals surface area contributed by atoms with Crippen molar-refractivity contribution in [2.24, 2.45) is 0 Å². The summed E-state index contributed by atoms with van der Waals surface area (Å²) in [6.45, 7) is 8.02. The lowest BCUT2D eigenvalue weighted by Gasteiger charge is -2.24. The zero-order valence-electron chi connectivity index (χ0n) is 9.97. The summed E-state index contributed by atoms with van der Waals surface area (Å²) < 4.78 is 0. The van der Waals surface area contributed by atoms with Crippen molar-refractivity contribution < 1.29 is 4.79 Å². The molecule has 1 amide bonds. The fourth-order valence-corrected chi connectivity index (χ4v) is 1.41. The van der Waals surface area contributed by atoms with Crippen LogP contribution in [0.1, 0.15) is 40.0 Å². The molecule has 84 valence electrons. The maximum atomic E-state index is 11.6. The molecule has 0 saturated heterocycles. The Balaban J connectivity index is 3.74. The predicted octanol–water partition coefficient (Wildman–Crippen LogP) is 1.63. The molecule has 3 nitrogen and oxygen atoms in total. The zero-order valence-corrected chi connectivity index (χ0v) is 9.97. The van der Waals surface area contributed by atoms with Crippen molar-refractivity contribution in [3.05, 3.63) is 0 Å². The van der Waals surface area contributed by atoms with Crippen molar-refractivity contribution in [2.75, 3.05) is 20.1 Å². The molecule has 0 fully saturated rings. The van der Waals surface area contributed by atoms with E-state index in [0.29, 0.717) is 12.5 Å². The lowest BCUT2D eigenvalue weighted by atomic mass is 10.1. The molecule has 0 radical (unpaired) electrons. The molecule has 1 N–H and O–H groups in total. The summed E-state index contributed by atoms with van der Waals surface area (Å²) in [5, 5.41) is 3.16. The Kier molecular flexibility index (Phi) is 7.48. The largest absolute Gasteiger partial charge is 0.343 e. The highest BCUT2D eigenvalue weighted by Gasteiger charge is 2.13. The Morgan fingerprint density at radius 3 is 2.57 bits per heavy atom. The van der Waals surface area contributed by atoms with E-state index < -0.39 is 0 Å². The third-order valence-corrected chi connectivity index (χ3v) is 2.53. The molecule has 0 aliphatic rings. The Bertz CT molecular complexity index is 159. The number of nitrogens with zero attached hydrogens (tertiary/aromatic N) is 1. The van der Waals surface area contributed by atoms with Gasteiger partial charge >= 0.3 is 0 Å². The molecule has 0 heterocycles. The fourth-order valence-electron chi connectivity index (χ4n) is 1.41. The van der Waals surface area contributed by atoms with Crippen molar-refractivity contribution in [1.29, 1.82) is 0 Å². The lowest BCUT2D eigenvalue weighted by molar-refractivity contribution is -0.131. The van der Waals surface area contributed by atoms with E-state index in [9.17, 15) is 4.79 Å². The molecule has 0 aromatic heterocycles. The minimum Gasteiger partial charge on any atom is -0.343 e. The molecule has 0 aliphatic carbocycles. The van der Waals surface area contributed by atoms with Gasteiger partial charge in [0.05, 0.1) is 0 Å². The van der Waals surface area contributed by atoms with Gasteiger partial charge in [0.1, 0.15) is 0 Å². The minimum atomic E-state index is 0.243. The summed E-state index contributed by atoms with van der Waals surface area (Å²) in [5.74, 6) is 0.243. The van der Waals surface area contributed by atoms with Gasteiger partial charge in [-0.1, -0.05) is 20.3 Å². The molecule has 0 aromatic carbocycles. The Morgan fingerprint density at radius 1 is 1.43 bits per heavy atom. The van der Waals surface area contributed by atoms with Crippen LogP contribution in [0.15, 0.2) is 0 Å². The van der Waals surface area contributed by atoms with Crippen molar-refractivity contribution in [3.63, 3.8) is 0 Å². The smallest absolute Gasteiger partial charge is 0.223 e. The topological polar surface area (TPSA) is 32.3 Å². The number of hydrogen-bond donors (Lipinski definition) is 1. The molecule has 0 saturated carbocycles. The number of nitrogens with one attached hydrogen (secondary N) is 1. The van der Waals surface area contributed by atoms with Gasteiger partial charge in [-0.25, -0.2) is 0 Å². The maximum Gasteiger partial charge on any atom is 0.223 e. The second-order valence-electron chi connectivity index (χ2n) is 3.75. The summed E-state index contributed by atoms with van der Waals surface area (Å²) in [6, 6.07) is 0.370. The van der Waals surface area contributed by atoms with E-state index in [1.807, 2.05) is 18.9 Å². The number of carbonyl (C=O) groups is 1. The van der Waals surface area contributed by atoms with Crippen LogP contribution in [-0.2, 0) is 4.79 Å². The Labute approximate surface area is 87.9 Å². The molecule has 0 aromatic rings. The number of rotatable bonds is 7. The molecule has 14 heavy (non-hydrogen) atoms. The second-order valence-corrected chi connectivity index (χ2v) is 3.75. The molecule has 0 spiro atoms. The van der Waals surface area contributed by atoms with Crippen LogP contribution in [0.4, 0.5) is 0 Å². The zero-order chi connectivity index (χ0) is 11.0. The number of amides is 1. The quantitative estimate of drug-likeness (QED) is 0.634. The molecule has 0 rings (SSSR count). The highest BCUT2D eigenvalue weighted by atomic mass is 16.2. The summed E-state index contributed by atoms with van der Waals surface area (Å²) in [7, 11) is 1.90. The van der Waals surface area contributed by atoms with Gasteiger partial charge in [0.15, 0.2) is 0 Å². The summed E-state index contributed by atoms with van der Waals surface area (Å²) in [4.78, 5) is 13.5. The fraction of sp³-hybridized carbons (Fsp3) is 0.909. The summed E-state index contributed by atoms with van der Waals surface area (Å²) in [6.07, 6.45) is 2.83. The van der Waals surface area contributed by atoms with E-state index in [0.717, 1.165) is 25.9 Å². The third-order valence-electron chi connectivity index (χ3n) is 2.53. The van der Waals surface area contributed by atoms with Gasteiger partial charge in [-0.15, -0.1) is 0 Å². The van der Waals surface area contributed by atoms with Crippen molar-refractivity contribution >= 4 is 5.91 Å². The second kappa shape index (κ2) is 7.80. The van der Waals surface area contributed by atoms with E-state index in [4.69, 9.17) is 0 Å².